The third kappa shape index (κ3) is 3.54. The molecule has 1 nitrogen and oxygen atoms in total. The highest BCUT2D eigenvalue weighted by Crippen LogP contribution is 1.84. The Kier molecular flexibility index (Phi) is 2.55. The van der Waals surface area contributed by atoms with Gasteiger partial charge in [-0.3, -0.25) is 0 Å². The second kappa shape index (κ2) is 2.76. The van der Waals surface area contributed by atoms with Crippen molar-refractivity contribution in [3.63, 3.8) is 0 Å². The molecule has 0 saturated carbocycles. The fourth-order valence-corrected chi connectivity index (χ4v) is 0.209. The van der Waals surface area contributed by atoms with Gasteiger partial charge in [0.2, 0.25) is 0 Å². The standard InChI is InChI=1S/C5H9O/c1-3-4-5(2)6/h4,6H,1,3H2,2H3/b5-4-. The Labute approximate surface area is 38.3 Å². The highest BCUT2D eigenvalue weighted by atomic mass is 16.3. The summed E-state index contributed by atoms with van der Waals surface area (Å²) in [5.74, 6) is 0.352. The van der Waals surface area contributed by atoms with Crippen molar-refractivity contribution in [2.75, 3.05) is 0 Å². The van der Waals surface area contributed by atoms with Crippen molar-refractivity contribution in [1.29, 1.82) is 0 Å². The SMILES string of the molecule is [CH2]C/C=C(/C)O. The molecule has 1 heteroatoms. The van der Waals surface area contributed by atoms with Gasteiger partial charge in [-0.05, 0) is 26.3 Å². The van der Waals surface area contributed by atoms with Crippen LogP contribution in [0, 0.1) is 6.92 Å². The molecule has 0 fully saturated rings. The van der Waals surface area contributed by atoms with Gasteiger partial charge in [-0.25, -0.2) is 0 Å². The molecule has 35 valence electrons. The van der Waals surface area contributed by atoms with Crippen LogP contribution in [0.3, 0.4) is 0 Å². The third-order valence-corrected chi connectivity index (χ3v) is 0.440. The lowest BCUT2D eigenvalue weighted by atomic mass is 10.4. The molecular formula is C5H9O. The van der Waals surface area contributed by atoms with Crippen LogP contribution in [0.2, 0.25) is 0 Å². The first kappa shape index (κ1) is 5.54. The van der Waals surface area contributed by atoms with Crippen LogP contribution in [0.4, 0.5) is 0 Å². The van der Waals surface area contributed by atoms with Crippen LogP contribution >= 0.6 is 0 Å². The molecule has 1 N–H and O–H groups in total. The topological polar surface area (TPSA) is 20.2 Å². The Morgan fingerprint density at radius 2 is 2.50 bits per heavy atom. The van der Waals surface area contributed by atoms with E-state index in [4.69, 9.17) is 5.11 Å². The molecule has 0 atom stereocenters. The van der Waals surface area contributed by atoms with Gasteiger partial charge in [-0.1, -0.05) is 0 Å². The molecular weight excluding hydrogens is 76.1 g/mol. The Bertz CT molecular complexity index is 51.0. The highest BCUT2D eigenvalue weighted by Gasteiger charge is 1.70. The molecule has 0 aromatic carbocycles. The van der Waals surface area contributed by atoms with E-state index in [9.17, 15) is 0 Å². The summed E-state index contributed by atoms with van der Waals surface area (Å²) in [6.07, 6.45) is 2.32. The average molecular weight is 85.1 g/mol. The van der Waals surface area contributed by atoms with Crippen LogP contribution in [-0.4, -0.2) is 5.11 Å². The molecule has 0 aliphatic heterocycles. The number of hydrogen-bond donors (Lipinski definition) is 1. The van der Waals surface area contributed by atoms with Crippen molar-refractivity contribution in [1.82, 2.24) is 0 Å². The summed E-state index contributed by atoms with van der Waals surface area (Å²) in [6.45, 7) is 5.12. The Hall–Kier alpha value is -0.460. The van der Waals surface area contributed by atoms with Crippen molar-refractivity contribution in [3.8, 4) is 0 Å². The van der Waals surface area contributed by atoms with Gasteiger partial charge in [0.15, 0.2) is 0 Å². The van der Waals surface area contributed by atoms with E-state index in [1.165, 1.54) is 0 Å². The second-order valence-electron chi connectivity index (χ2n) is 1.13. The van der Waals surface area contributed by atoms with E-state index < -0.39 is 0 Å². The smallest absolute Gasteiger partial charge is 0.0851 e. The summed E-state index contributed by atoms with van der Waals surface area (Å²) >= 11 is 0. The van der Waals surface area contributed by atoms with Crippen LogP contribution in [0.15, 0.2) is 11.8 Å². The van der Waals surface area contributed by atoms with Crippen LogP contribution in [0.5, 0.6) is 0 Å². The monoisotopic (exact) mass is 85.1 g/mol. The molecule has 0 aliphatic rings. The van der Waals surface area contributed by atoms with Gasteiger partial charge < -0.3 is 5.11 Å². The molecule has 0 amide bonds. The maximum atomic E-state index is 8.37. The van der Waals surface area contributed by atoms with E-state index in [0.29, 0.717) is 12.2 Å². The summed E-state index contributed by atoms with van der Waals surface area (Å²) in [4.78, 5) is 0. The Morgan fingerprint density at radius 3 is 2.50 bits per heavy atom. The first-order valence-electron chi connectivity index (χ1n) is 1.92. The molecule has 6 heavy (non-hydrogen) atoms. The lowest BCUT2D eigenvalue weighted by molar-refractivity contribution is 0.412. The Balaban J connectivity index is 3.14. The number of rotatable bonds is 1. The summed E-state index contributed by atoms with van der Waals surface area (Å²) in [5, 5.41) is 8.37. The minimum Gasteiger partial charge on any atom is -0.513 e. The normalized spacial score (nSPS) is 12.0. The van der Waals surface area contributed by atoms with E-state index in [1.807, 2.05) is 0 Å². The quantitative estimate of drug-likeness (QED) is 0.480. The summed E-state index contributed by atoms with van der Waals surface area (Å²) in [6, 6.07) is 0. The van der Waals surface area contributed by atoms with Gasteiger partial charge in [-0.15, -0.1) is 0 Å². The average Bonchev–Trinajstić information content (AvgIpc) is 1.35. The summed E-state index contributed by atoms with van der Waals surface area (Å²) < 4.78 is 0. The van der Waals surface area contributed by atoms with E-state index in [1.54, 1.807) is 13.0 Å². The number of hydrogen-bond acceptors (Lipinski definition) is 1. The lowest BCUT2D eigenvalue weighted by Crippen LogP contribution is -1.65. The third-order valence-electron chi connectivity index (χ3n) is 0.440. The first-order chi connectivity index (χ1) is 2.77. The van der Waals surface area contributed by atoms with Crippen LogP contribution in [0.25, 0.3) is 0 Å². The van der Waals surface area contributed by atoms with Crippen molar-refractivity contribution in [2.24, 2.45) is 0 Å². The minimum absolute atomic E-state index is 0.352. The Morgan fingerprint density at radius 1 is 2.00 bits per heavy atom. The van der Waals surface area contributed by atoms with Gasteiger partial charge in [0.05, 0.1) is 5.76 Å². The van der Waals surface area contributed by atoms with Gasteiger partial charge in [0, 0.05) is 0 Å². The molecule has 0 rings (SSSR count). The maximum Gasteiger partial charge on any atom is 0.0851 e. The van der Waals surface area contributed by atoms with E-state index in [2.05, 4.69) is 6.92 Å². The zero-order chi connectivity index (χ0) is 4.99. The largest absolute Gasteiger partial charge is 0.513 e. The van der Waals surface area contributed by atoms with Crippen molar-refractivity contribution in [2.45, 2.75) is 13.3 Å². The van der Waals surface area contributed by atoms with E-state index in [-0.39, 0.29) is 0 Å². The summed E-state index contributed by atoms with van der Waals surface area (Å²) in [5.41, 5.74) is 0. The maximum absolute atomic E-state index is 8.37. The van der Waals surface area contributed by atoms with Crippen molar-refractivity contribution >= 4 is 0 Å². The van der Waals surface area contributed by atoms with Crippen LogP contribution < -0.4 is 0 Å². The lowest BCUT2D eigenvalue weighted by Gasteiger charge is -1.80. The van der Waals surface area contributed by atoms with Gasteiger partial charge in [0.25, 0.3) is 0 Å². The predicted octanol–water partition coefficient (Wildman–Crippen LogP) is 1.67. The molecule has 0 aliphatic carbocycles. The molecule has 0 heterocycles. The fraction of sp³-hybridized carbons (Fsp3) is 0.400. The molecule has 0 aromatic rings. The number of aliphatic hydroxyl groups is 1. The van der Waals surface area contributed by atoms with Crippen molar-refractivity contribution < 1.29 is 5.11 Å². The molecule has 0 aromatic heterocycles. The molecule has 0 saturated heterocycles. The first-order valence-corrected chi connectivity index (χ1v) is 1.92. The number of aliphatic hydroxyl groups excluding tert-OH is 1. The molecule has 1 radical (unpaired) electrons. The van der Waals surface area contributed by atoms with E-state index >= 15 is 0 Å². The number of allylic oxidation sites excluding steroid dienone is 2. The van der Waals surface area contributed by atoms with Crippen LogP contribution in [-0.2, 0) is 0 Å². The molecule has 0 unspecified atom stereocenters. The second-order valence-corrected chi connectivity index (χ2v) is 1.13. The van der Waals surface area contributed by atoms with Crippen molar-refractivity contribution in [3.05, 3.63) is 18.8 Å². The molecule has 0 bridgehead atoms. The van der Waals surface area contributed by atoms with Crippen LogP contribution in [0.1, 0.15) is 13.3 Å². The van der Waals surface area contributed by atoms with Gasteiger partial charge in [0.1, 0.15) is 0 Å². The predicted molar refractivity (Wildman–Crippen MR) is 26.4 cm³/mol. The zero-order valence-corrected chi connectivity index (χ0v) is 3.94. The zero-order valence-electron chi connectivity index (χ0n) is 3.94. The van der Waals surface area contributed by atoms with Gasteiger partial charge >= 0.3 is 0 Å². The highest BCUT2D eigenvalue weighted by molar-refractivity contribution is 4.85. The summed E-state index contributed by atoms with van der Waals surface area (Å²) in [7, 11) is 0. The molecule has 0 spiro atoms. The van der Waals surface area contributed by atoms with Gasteiger partial charge in [-0.2, -0.15) is 0 Å². The van der Waals surface area contributed by atoms with E-state index in [0.717, 1.165) is 0 Å². The minimum atomic E-state index is 0.352. The fourth-order valence-electron chi connectivity index (χ4n) is 0.209.